The van der Waals surface area contributed by atoms with Crippen molar-refractivity contribution in [1.29, 1.82) is 0 Å². The van der Waals surface area contributed by atoms with Gasteiger partial charge in [0.1, 0.15) is 12.0 Å². The first kappa shape index (κ1) is 14.1. The number of aliphatic hydroxyl groups is 1. The van der Waals surface area contributed by atoms with Crippen molar-refractivity contribution in [3.63, 3.8) is 0 Å². The highest BCUT2D eigenvalue weighted by Gasteiger charge is 2.13. The summed E-state index contributed by atoms with van der Waals surface area (Å²) in [7, 11) is 0. The third kappa shape index (κ3) is 3.39. The minimum absolute atomic E-state index is 0.146. The Morgan fingerprint density at radius 1 is 1.30 bits per heavy atom. The molecule has 0 aliphatic rings. The van der Waals surface area contributed by atoms with Crippen LogP contribution in [0, 0.1) is 13.8 Å². The molecular formula is C15H17N3O2. The third-order valence-corrected chi connectivity index (χ3v) is 3.04. The first-order valence-corrected chi connectivity index (χ1v) is 6.38. The molecule has 0 aliphatic carbocycles. The van der Waals surface area contributed by atoms with E-state index in [1.165, 1.54) is 6.33 Å². The van der Waals surface area contributed by atoms with Crippen LogP contribution in [0.2, 0.25) is 0 Å². The summed E-state index contributed by atoms with van der Waals surface area (Å²) in [6, 6.07) is 9.15. The Bertz CT molecular complexity index is 614. The van der Waals surface area contributed by atoms with Crippen molar-refractivity contribution in [2.24, 2.45) is 0 Å². The lowest BCUT2D eigenvalue weighted by Crippen LogP contribution is -2.29. The Hall–Kier alpha value is -2.27. The van der Waals surface area contributed by atoms with Crippen LogP contribution >= 0.6 is 0 Å². The van der Waals surface area contributed by atoms with Crippen LogP contribution in [0.25, 0.3) is 0 Å². The van der Waals surface area contributed by atoms with Crippen LogP contribution in [0.5, 0.6) is 0 Å². The van der Waals surface area contributed by atoms with Gasteiger partial charge in [0, 0.05) is 12.2 Å². The van der Waals surface area contributed by atoms with Gasteiger partial charge in [0.05, 0.1) is 6.10 Å². The summed E-state index contributed by atoms with van der Waals surface area (Å²) < 4.78 is 0. The number of hydrogen-bond acceptors (Lipinski definition) is 4. The lowest BCUT2D eigenvalue weighted by Gasteiger charge is -2.14. The minimum atomic E-state index is -0.733. The molecule has 0 radical (unpaired) electrons. The fraction of sp³-hybridized carbons (Fsp3) is 0.267. The van der Waals surface area contributed by atoms with E-state index in [1.54, 1.807) is 13.0 Å². The van der Waals surface area contributed by atoms with Crippen LogP contribution in [-0.4, -0.2) is 27.5 Å². The van der Waals surface area contributed by atoms with E-state index in [0.717, 1.165) is 16.8 Å². The summed E-state index contributed by atoms with van der Waals surface area (Å²) in [5.74, 6) is -0.317. The van der Waals surface area contributed by atoms with Crippen LogP contribution in [0.3, 0.4) is 0 Å². The number of benzene rings is 1. The topological polar surface area (TPSA) is 75.1 Å². The molecule has 0 saturated heterocycles. The van der Waals surface area contributed by atoms with E-state index in [0.29, 0.717) is 5.69 Å². The van der Waals surface area contributed by atoms with Gasteiger partial charge in [-0.15, -0.1) is 0 Å². The number of rotatable bonds is 4. The summed E-state index contributed by atoms with van der Waals surface area (Å²) in [5.41, 5.74) is 2.83. The number of aliphatic hydroxyl groups excluding tert-OH is 1. The smallest absolute Gasteiger partial charge is 0.270 e. The molecule has 0 bridgehead atoms. The Morgan fingerprint density at radius 2 is 2.05 bits per heavy atom. The Balaban J connectivity index is 1.99. The number of nitrogens with zero attached hydrogens (tertiary/aromatic N) is 2. The van der Waals surface area contributed by atoms with Crippen molar-refractivity contribution in [3.05, 3.63) is 59.2 Å². The molecule has 0 aliphatic heterocycles. The number of aryl methyl sites for hydroxylation is 2. The first-order chi connectivity index (χ1) is 9.58. The fourth-order valence-electron chi connectivity index (χ4n) is 1.93. The molecule has 1 atom stereocenters. The average molecular weight is 271 g/mol. The third-order valence-electron chi connectivity index (χ3n) is 3.04. The summed E-state index contributed by atoms with van der Waals surface area (Å²) in [4.78, 5) is 19.7. The predicted molar refractivity (Wildman–Crippen MR) is 75.2 cm³/mol. The summed E-state index contributed by atoms with van der Waals surface area (Å²) >= 11 is 0. The van der Waals surface area contributed by atoms with Crippen molar-refractivity contribution in [2.75, 3.05) is 6.54 Å². The minimum Gasteiger partial charge on any atom is -0.387 e. The Kier molecular flexibility index (Phi) is 4.42. The number of nitrogens with one attached hydrogen (secondary N) is 1. The van der Waals surface area contributed by atoms with E-state index in [9.17, 15) is 9.90 Å². The second-order valence-corrected chi connectivity index (χ2v) is 4.63. The highest BCUT2D eigenvalue weighted by atomic mass is 16.3. The molecule has 20 heavy (non-hydrogen) atoms. The lowest BCUT2D eigenvalue weighted by molar-refractivity contribution is 0.0910. The number of carbonyl (C=O) groups is 1. The summed E-state index contributed by atoms with van der Waals surface area (Å²) in [6.45, 7) is 3.86. The fourth-order valence-corrected chi connectivity index (χ4v) is 1.93. The van der Waals surface area contributed by atoms with Crippen molar-refractivity contribution >= 4 is 5.91 Å². The van der Waals surface area contributed by atoms with Crippen molar-refractivity contribution in [3.8, 4) is 0 Å². The molecule has 0 spiro atoms. The van der Waals surface area contributed by atoms with Crippen LogP contribution in [0.15, 0.2) is 36.7 Å². The van der Waals surface area contributed by atoms with Gasteiger partial charge in [-0.1, -0.05) is 24.3 Å². The van der Waals surface area contributed by atoms with E-state index in [2.05, 4.69) is 15.3 Å². The van der Waals surface area contributed by atoms with Crippen molar-refractivity contribution in [1.82, 2.24) is 15.3 Å². The molecule has 1 amide bonds. The van der Waals surface area contributed by atoms with Gasteiger partial charge in [0.25, 0.3) is 5.91 Å². The quantitative estimate of drug-likeness (QED) is 0.885. The first-order valence-electron chi connectivity index (χ1n) is 6.38. The number of carbonyl (C=O) groups excluding carboxylic acids is 1. The molecule has 0 fully saturated rings. The van der Waals surface area contributed by atoms with Crippen LogP contribution in [0.4, 0.5) is 0 Å². The second kappa shape index (κ2) is 6.25. The largest absolute Gasteiger partial charge is 0.387 e. The van der Waals surface area contributed by atoms with Crippen molar-refractivity contribution < 1.29 is 9.90 Å². The lowest BCUT2D eigenvalue weighted by atomic mass is 10.0. The van der Waals surface area contributed by atoms with E-state index in [-0.39, 0.29) is 12.5 Å². The molecular weight excluding hydrogens is 254 g/mol. The predicted octanol–water partition coefficient (Wildman–Crippen LogP) is 1.56. The van der Waals surface area contributed by atoms with Gasteiger partial charge < -0.3 is 10.4 Å². The molecule has 1 aromatic carbocycles. The highest BCUT2D eigenvalue weighted by Crippen LogP contribution is 2.16. The van der Waals surface area contributed by atoms with Gasteiger partial charge in [-0.3, -0.25) is 4.79 Å². The zero-order valence-electron chi connectivity index (χ0n) is 11.5. The highest BCUT2D eigenvalue weighted by molar-refractivity contribution is 5.92. The van der Waals surface area contributed by atoms with Gasteiger partial charge in [-0.05, 0) is 31.0 Å². The Morgan fingerprint density at radius 3 is 2.75 bits per heavy atom. The molecule has 1 heterocycles. The number of hydrogen-bond donors (Lipinski definition) is 2. The van der Waals surface area contributed by atoms with Gasteiger partial charge in [-0.25, -0.2) is 9.97 Å². The van der Waals surface area contributed by atoms with Gasteiger partial charge in [0.2, 0.25) is 0 Å². The summed E-state index contributed by atoms with van der Waals surface area (Å²) in [6.07, 6.45) is 0.616. The number of amides is 1. The second-order valence-electron chi connectivity index (χ2n) is 4.63. The van der Waals surface area contributed by atoms with E-state index < -0.39 is 6.10 Å². The van der Waals surface area contributed by atoms with Gasteiger partial charge in [0.15, 0.2) is 0 Å². The van der Waals surface area contributed by atoms with E-state index in [1.807, 2.05) is 31.2 Å². The average Bonchev–Trinajstić information content (AvgIpc) is 2.45. The molecule has 1 aromatic heterocycles. The standard InChI is InChI=1S/C15H17N3O2/c1-10-5-3-4-6-12(10)14(19)8-16-15(20)13-7-11(2)17-9-18-13/h3-7,9,14,19H,8H2,1-2H3,(H,16,20). The van der Waals surface area contributed by atoms with Crippen LogP contribution in [-0.2, 0) is 0 Å². The van der Waals surface area contributed by atoms with Gasteiger partial charge >= 0.3 is 0 Å². The van der Waals surface area contributed by atoms with E-state index >= 15 is 0 Å². The molecule has 1 unspecified atom stereocenters. The molecule has 2 N–H and O–H groups in total. The molecule has 2 rings (SSSR count). The maximum Gasteiger partial charge on any atom is 0.270 e. The zero-order valence-corrected chi connectivity index (χ0v) is 11.5. The zero-order chi connectivity index (χ0) is 14.5. The molecule has 5 nitrogen and oxygen atoms in total. The molecule has 2 aromatic rings. The van der Waals surface area contributed by atoms with Crippen molar-refractivity contribution in [2.45, 2.75) is 20.0 Å². The normalized spacial score (nSPS) is 11.9. The van der Waals surface area contributed by atoms with Gasteiger partial charge in [-0.2, -0.15) is 0 Å². The number of aromatic nitrogens is 2. The maximum absolute atomic E-state index is 11.9. The molecule has 0 saturated carbocycles. The van der Waals surface area contributed by atoms with Crippen LogP contribution < -0.4 is 5.32 Å². The maximum atomic E-state index is 11.9. The molecule has 104 valence electrons. The van der Waals surface area contributed by atoms with E-state index in [4.69, 9.17) is 0 Å². The monoisotopic (exact) mass is 271 g/mol. The molecule has 5 heteroatoms. The van der Waals surface area contributed by atoms with Crippen LogP contribution in [0.1, 0.15) is 33.4 Å². The SMILES string of the molecule is Cc1cc(C(=O)NCC(O)c2ccccc2C)ncn1. The Labute approximate surface area is 117 Å². The summed E-state index contributed by atoms with van der Waals surface area (Å²) in [5, 5.41) is 12.8.